The van der Waals surface area contributed by atoms with Gasteiger partial charge in [-0.25, -0.2) is 4.79 Å². The molecule has 2 aromatic heterocycles. The molecule has 2 aromatic carbocycles. The number of rotatable bonds is 4. The Morgan fingerprint density at radius 2 is 2.08 bits per heavy atom. The highest BCUT2D eigenvalue weighted by Crippen LogP contribution is 2.23. The zero-order chi connectivity index (χ0) is 16.5. The molecule has 6 heteroatoms. The minimum atomic E-state index is -1.04. The zero-order valence-electron chi connectivity index (χ0n) is 12.7. The molecule has 118 valence electrons. The number of nitrogens with one attached hydrogen (secondary N) is 2. The van der Waals surface area contributed by atoms with E-state index in [4.69, 9.17) is 0 Å². The van der Waals surface area contributed by atoms with Crippen molar-refractivity contribution in [3.8, 4) is 0 Å². The molecule has 0 aliphatic heterocycles. The Labute approximate surface area is 137 Å². The number of H-pyrrole nitrogens is 1. The largest absolute Gasteiger partial charge is 0.476 e. The number of aromatic amines is 1. The number of aromatic nitrogens is 3. The molecule has 4 aromatic rings. The maximum atomic E-state index is 11.2. The van der Waals surface area contributed by atoms with Crippen LogP contribution in [0.4, 0.5) is 5.69 Å². The van der Waals surface area contributed by atoms with Crippen LogP contribution in [0.25, 0.3) is 21.7 Å². The van der Waals surface area contributed by atoms with Crippen LogP contribution in [0.15, 0.2) is 54.9 Å². The summed E-state index contributed by atoms with van der Waals surface area (Å²) in [6, 6.07) is 13.6. The van der Waals surface area contributed by atoms with Crippen molar-refractivity contribution in [2.24, 2.45) is 0 Å². The second-order valence-electron chi connectivity index (χ2n) is 5.51. The molecule has 6 nitrogen and oxygen atoms in total. The molecule has 0 radical (unpaired) electrons. The van der Waals surface area contributed by atoms with Crippen LogP contribution < -0.4 is 5.32 Å². The summed E-state index contributed by atoms with van der Waals surface area (Å²) in [6.45, 7) is 0.632. The van der Waals surface area contributed by atoms with E-state index < -0.39 is 5.97 Å². The number of aromatic carboxylic acids is 1. The third kappa shape index (κ3) is 2.44. The third-order valence-electron chi connectivity index (χ3n) is 4.02. The summed E-state index contributed by atoms with van der Waals surface area (Å²) in [6.07, 6.45) is 3.62. The molecule has 2 heterocycles. The fraction of sp³-hybridized carbons (Fsp3) is 0.0556. The molecule has 0 unspecified atom stereocenters. The van der Waals surface area contributed by atoms with Crippen molar-refractivity contribution >= 4 is 33.3 Å². The summed E-state index contributed by atoms with van der Waals surface area (Å²) >= 11 is 0. The lowest BCUT2D eigenvalue weighted by Crippen LogP contribution is -2.01. The summed E-state index contributed by atoms with van der Waals surface area (Å²) in [4.78, 5) is 15.3. The van der Waals surface area contributed by atoms with Gasteiger partial charge in [0.25, 0.3) is 0 Å². The number of carboxylic acids is 1. The maximum Gasteiger partial charge on any atom is 0.357 e. The highest BCUT2D eigenvalue weighted by atomic mass is 16.4. The van der Waals surface area contributed by atoms with Crippen molar-refractivity contribution in [1.29, 1.82) is 0 Å². The summed E-state index contributed by atoms with van der Waals surface area (Å²) in [5.41, 5.74) is 2.73. The minimum Gasteiger partial charge on any atom is -0.476 e. The Hall–Kier alpha value is -3.41. The molecular weight excluding hydrogens is 304 g/mol. The van der Waals surface area contributed by atoms with Gasteiger partial charge in [0, 0.05) is 35.4 Å². The van der Waals surface area contributed by atoms with E-state index in [-0.39, 0.29) is 5.69 Å². The molecule has 24 heavy (non-hydrogen) atoms. The summed E-state index contributed by atoms with van der Waals surface area (Å²) in [5, 5.41) is 21.9. The molecule has 0 saturated heterocycles. The van der Waals surface area contributed by atoms with Gasteiger partial charge in [0.1, 0.15) is 0 Å². The second-order valence-corrected chi connectivity index (χ2v) is 5.51. The van der Waals surface area contributed by atoms with Crippen LogP contribution in [0.2, 0.25) is 0 Å². The number of carbonyl (C=O) groups is 1. The average Bonchev–Trinajstić information content (AvgIpc) is 3.03. The van der Waals surface area contributed by atoms with E-state index in [0.717, 1.165) is 22.0 Å². The summed E-state index contributed by atoms with van der Waals surface area (Å²) in [5.74, 6) is -1.04. The SMILES string of the molecule is O=C(O)c1n[nH]c2ccc(NCc3cccc4cnccc34)cc12. The fourth-order valence-corrected chi connectivity index (χ4v) is 2.83. The van der Waals surface area contributed by atoms with Gasteiger partial charge in [0.2, 0.25) is 0 Å². The predicted molar refractivity (Wildman–Crippen MR) is 92.1 cm³/mol. The number of nitrogens with zero attached hydrogens (tertiary/aromatic N) is 2. The lowest BCUT2D eigenvalue weighted by molar-refractivity contribution is 0.0692. The van der Waals surface area contributed by atoms with Crippen molar-refractivity contribution < 1.29 is 9.90 Å². The van der Waals surface area contributed by atoms with Crippen LogP contribution in [-0.4, -0.2) is 26.3 Å². The van der Waals surface area contributed by atoms with Crippen LogP contribution in [0, 0.1) is 0 Å². The molecule has 0 amide bonds. The monoisotopic (exact) mass is 318 g/mol. The van der Waals surface area contributed by atoms with Crippen LogP contribution in [0.3, 0.4) is 0 Å². The van der Waals surface area contributed by atoms with Gasteiger partial charge in [-0.15, -0.1) is 0 Å². The van der Waals surface area contributed by atoms with Crippen LogP contribution in [0.1, 0.15) is 16.1 Å². The predicted octanol–water partition coefficient (Wildman–Crippen LogP) is 3.42. The number of carboxylic acid groups (broad SMARTS) is 1. The lowest BCUT2D eigenvalue weighted by Gasteiger charge is -2.09. The molecule has 0 atom stereocenters. The van der Waals surface area contributed by atoms with Gasteiger partial charge in [-0.1, -0.05) is 18.2 Å². The van der Waals surface area contributed by atoms with Gasteiger partial charge < -0.3 is 10.4 Å². The van der Waals surface area contributed by atoms with E-state index in [1.807, 2.05) is 36.5 Å². The van der Waals surface area contributed by atoms with Gasteiger partial charge in [-0.3, -0.25) is 10.1 Å². The molecule has 0 spiro atoms. The molecule has 0 fully saturated rings. The van der Waals surface area contributed by atoms with E-state index in [1.165, 1.54) is 0 Å². The van der Waals surface area contributed by atoms with Crippen LogP contribution in [-0.2, 0) is 6.54 Å². The second kappa shape index (κ2) is 5.66. The Bertz CT molecular complexity index is 1050. The Morgan fingerprint density at radius 1 is 1.17 bits per heavy atom. The van der Waals surface area contributed by atoms with Gasteiger partial charge in [-0.05, 0) is 35.2 Å². The first-order valence-corrected chi connectivity index (χ1v) is 7.49. The van der Waals surface area contributed by atoms with E-state index in [2.05, 4.69) is 26.6 Å². The number of anilines is 1. The highest BCUT2D eigenvalue weighted by molar-refractivity contribution is 6.01. The van der Waals surface area contributed by atoms with Crippen LogP contribution >= 0.6 is 0 Å². The number of fused-ring (bicyclic) bond motifs is 2. The number of benzene rings is 2. The molecule has 0 aliphatic carbocycles. The number of pyridine rings is 1. The summed E-state index contributed by atoms with van der Waals surface area (Å²) in [7, 11) is 0. The van der Waals surface area contributed by atoms with E-state index in [1.54, 1.807) is 12.3 Å². The molecule has 0 aliphatic rings. The number of hydrogen-bond donors (Lipinski definition) is 3. The van der Waals surface area contributed by atoms with Gasteiger partial charge in [0.05, 0.1) is 5.52 Å². The molecule has 0 bridgehead atoms. The van der Waals surface area contributed by atoms with Crippen molar-refractivity contribution in [2.45, 2.75) is 6.54 Å². The topological polar surface area (TPSA) is 90.9 Å². The molecule has 3 N–H and O–H groups in total. The third-order valence-corrected chi connectivity index (χ3v) is 4.02. The quantitative estimate of drug-likeness (QED) is 0.536. The van der Waals surface area contributed by atoms with Crippen molar-refractivity contribution in [3.05, 3.63) is 66.1 Å². The van der Waals surface area contributed by atoms with Gasteiger partial charge in [0.15, 0.2) is 5.69 Å². The normalized spacial score (nSPS) is 11.0. The Kier molecular flexibility index (Phi) is 3.35. The van der Waals surface area contributed by atoms with Gasteiger partial charge >= 0.3 is 5.97 Å². The minimum absolute atomic E-state index is 0.0323. The van der Waals surface area contributed by atoms with Crippen LogP contribution in [0.5, 0.6) is 0 Å². The lowest BCUT2D eigenvalue weighted by atomic mass is 10.1. The smallest absolute Gasteiger partial charge is 0.357 e. The molecule has 4 rings (SSSR count). The first-order valence-electron chi connectivity index (χ1n) is 7.49. The van der Waals surface area contributed by atoms with E-state index in [0.29, 0.717) is 17.4 Å². The molecule has 0 saturated carbocycles. The zero-order valence-corrected chi connectivity index (χ0v) is 12.7. The van der Waals surface area contributed by atoms with E-state index >= 15 is 0 Å². The number of hydrogen-bond acceptors (Lipinski definition) is 4. The Morgan fingerprint density at radius 3 is 2.96 bits per heavy atom. The van der Waals surface area contributed by atoms with Crippen molar-refractivity contribution in [3.63, 3.8) is 0 Å². The van der Waals surface area contributed by atoms with Gasteiger partial charge in [-0.2, -0.15) is 5.10 Å². The highest BCUT2D eigenvalue weighted by Gasteiger charge is 2.12. The summed E-state index contributed by atoms with van der Waals surface area (Å²) < 4.78 is 0. The van der Waals surface area contributed by atoms with E-state index in [9.17, 15) is 9.90 Å². The standard InChI is InChI=1S/C18H14N4O2/c23-18(24)17-15-8-13(4-5-16(15)21-22-17)20-10-12-3-1-2-11-9-19-7-6-14(11)12/h1-9,20H,10H2,(H,21,22)(H,23,24). The fourth-order valence-electron chi connectivity index (χ4n) is 2.83. The average molecular weight is 318 g/mol. The Balaban J connectivity index is 1.64. The van der Waals surface area contributed by atoms with Crippen molar-refractivity contribution in [1.82, 2.24) is 15.2 Å². The van der Waals surface area contributed by atoms with Crippen molar-refractivity contribution in [2.75, 3.05) is 5.32 Å². The first kappa shape index (κ1) is 14.2. The maximum absolute atomic E-state index is 11.2. The molecular formula is C18H14N4O2. The first-order chi connectivity index (χ1) is 11.7.